The zero-order valence-electron chi connectivity index (χ0n) is 18.2. The molecule has 158 valence electrons. The Morgan fingerprint density at radius 2 is 1.87 bits per heavy atom. The largest absolute Gasteiger partial charge is 0.440 e. The van der Waals surface area contributed by atoms with Crippen LogP contribution in [0.1, 0.15) is 51.0 Å². The first kappa shape index (κ1) is 20.6. The molecule has 2 aromatic carbocycles. The lowest BCUT2D eigenvalue weighted by atomic mass is 9.97. The van der Waals surface area contributed by atoms with Gasteiger partial charge in [-0.15, -0.1) is 0 Å². The maximum atomic E-state index is 13.3. The summed E-state index contributed by atoms with van der Waals surface area (Å²) in [5.74, 6) is 1.20. The van der Waals surface area contributed by atoms with Crippen LogP contribution in [-0.4, -0.2) is 45.9 Å². The molecule has 5 nitrogen and oxygen atoms in total. The van der Waals surface area contributed by atoms with Gasteiger partial charge in [0, 0.05) is 24.5 Å². The molecule has 0 spiro atoms. The first-order valence-electron chi connectivity index (χ1n) is 10.8. The smallest absolute Gasteiger partial charge is 0.237 e. The number of fused-ring (bicyclic) bond motifs is 1. The molecule has 0 unspecified atom stereocenters. The summed E-state index contributed by atoms with van der Waals surface area (Å²) in [4.78, 5) is 22.2. The van der Waals surface area contributed by atoms with Gasteiger partial charge in [0.1, 0.15) is 5.52 Å². The van der Waals surface area contributed by atoms with Gasteiger partial charge in [0.15, 0.2) is 11.5 Å². The van der Waals surface area contributed by atoms with E-state index in [1.807, 2.05) is 47.4 Å². The molecule has 4 rings (SSSR count). The standard InChI is InChI=1S/C25H31N3O2/c1-25(2,3)28(16-19-10-5-4-6-11-19)23(29)18-27-15-9-12-20(17-27)24-26-21-13-7-8-14-22(21)30-24/h4-8,10-11,13-14,20H,9,12,15-18H2,1-3H3/t20-/m1/s1. The van der Waals surface area contributed by atoms with Crippen molar-refractivity contribution in [3.63, 3.8) is 0 Å². The van der Waals surface area contributed by atoms with E-state index in [1.165, 1.54) is 0 Å². The van der Waals surface area contributed by atoms with Crippen LogP contribution in [0.3, 0.4) is 0 Å². The number of piperidine rings is 1. The molecule has 5 heteroatoms. The lowest BCUT2D eigenvalue weighted by Crippen LogP contribution is -2.50. The second-order valence-corrected chi connectivity index (χ2v) is 9.23. The number of carbonyl (C=O) groups is 1. The van der Waals surface area contributed by atoms with E-state index in [0.717, 1.165) is 48.5 Å². The Bertz CT molecular complexity index is 957. The summed E-state index contributed by atoms with van der Waals surface area (Å²) in [6.07, 6.45) is 2.09. The van der Waals surface area contributed by atoms with Gasteiger partial charge in [-0.25, -0.2) is 4.98 Å². The van der Waals surface area contributed by atoms with Crippen molar-refractivity contribution < 1.29 is 9.21 Å². The molecule has 0 saturated carbocycles. The van der Waals surface area contributed by atoms with Crippen LogP contribution >= 0.6 is 0 Å². The molecule has 0 bridgehead atoms. The molecule has 2 heterocycles. The third-order valence-electron chi connectivity index (χ3n) is 5.82. The Labute approximate surface area is 178 Å². The molecule has 1 aliphatic rings. The summed E-state index contributed by atoms with van der Waals surface area (Å²) in [7, 11) is 0. The van der Waals surface area contributed by atoms with Crippen LogP contribution in [0.15, 0.2) is 59.0 Å². The van der Waals surface area contributed by atoms with Gasteiger partial charge in [-0.2, -0.15) is 0 Å². The second kappa shape index (κ2) is 8.60. The van der Waals surface area contributed by atoms with Crippen LogP contribution in [0.25, 0.3) is 11.1 Å². The van der Waals surface area contributed by atoms with E-state index in [4.69, 9.17) is 9.40 Å². The van der Waals surface area contributed by atoms with Crippen LogP contribution < -0.4 is 0 Å². The average Bonchev–Trinajstić information content (AvgIpc) is 3.16. The third kappa shape index (κ3) is 4.73. The highest BCUT2D eigenvalue weighted by molar-refractivity contribution is 5.79. The summed E-state index contributed by atoms with van der Waals surface area (Å²) in [6.45, 7) is 9.11. The molecular weight excluding hydrogens is 374 g/mol. The Balaban J connectivity index is 1.44. The summed E-state index contributed by atoms with van der Waals surface area (Å²) in [5, 5.41) is 0. The number of likely N-dealkylation sites (tertiary alicyclic amines) is 1. The Morgan fingerprint density at radius 3 is 2.60 bits per heavy atom. The van der Waals surface area contributed by atoms with Crippen LogP contribution in [0.4, 0.5) is 0 Å². The lowest BCUT2D eigenvalue weighted by molar-refractivity contribution is -0.138. The van der Waals surface area contributed by atoms with E-state index in [0.29, 0.717) is 13.1 Å². The van der Waals surface area contributed by atoms with Crippen LogP contribution in [0, 0.1) is 0 Å². The summed E-state index contributed by atoms with van der Waals surface area (Å²) >= 11 is 0. The topological polar surface area (TPSA) is 49.6 Å². The maximum Gasteiger partial charge on any atom is 0.237 e. The van der Waals surface area contributed by atoms with Gasteiger partial charge in [0.05, 0.1) is 6.54 Å². The zero-order chi connectivity index (χ0) is 21.1. The van der Waals surface area contributed by atoms with Gasteiger partial charge in [-0.3, -0.25) is 9.69 Å². The minimum absolute atomic E-state index is 0.171. The van der Waals surface area contributed by atoms with E-state index in [-0.39, 0.29) is 17.4 Å². The number of rotatable bonds is 5. The van der Waals surface area contributed by atoms with Crippen molar-refractivity contribution >= 4 is 17.0 Å². The van der Waals surface area contributed by atoms with E-state index in [1.54, 1.807) is 0 Å². The second-order valence-electron chi connectivity index (χ2n) is 9.23. The molecule has 0 radical (unpaired) electrons. The van der Waals surface area contributed by atoms with Crippen molar-refractivity contribution in [3.8, 4) is 0 Å². The number of benzene rings is 2. The molecule has 30 heavy (non-hydrogen) atoms. The number of hydrogen-bond acceptors (Lipinski definition) is 4. The molecule has 0 N–H and O–H groups in total. The van der Waals surface area contributed by atoms with E-state index >= 15 is 0 Å². The first-order valence-corrected chi connectivity index (χ1v) is 10.8. The number of hydrogen-bond donors (Lipinski definition) is 0. The number of aromatic nitrogens is 1. The Hall–Kier alpha value is -2.66. The maximum absolute atomic E-state index is 13.3. The highest BCUT2D eigenvalue weighted by atomic mass is 16.3. The molecular formula is C25H31N3O2. The molecule has 1 saturated heterocycles. The van der Waals surface area contributed by atoms with E-state index < -0.39 is 0 Å². The van der Waals surface area contributed by atoms with Crippen molar-refractivity contribution in [3.05, 3.63) is 66.1 Å². The summed E-state index contributed by atoms with van der Waals surface area (Å²) < 4.78 is 6.01. The van der Waals surface area contributed by atoms with Crippen molar-refractivity contribution in [2.75, 3.05) is 19.6 Å². The fourth-order valence-corrected chi connectivity index (χ4v) is 4.21. The minimum Gasteiger partial charge on any atom is -0.440 e. The number of nitrogens with zero attached hydrogens (tertiary/aromatic N) is 3. The summed E-state index contributed by atoms with van der Waals surface area (Å²) in [6, 6.07) is 18.1. The molecule has 1 aromatic heterocycles. The normalized spacial score (nSPS) is 17.9. The van der Waals surface area contributed by atoms with Crippen molar-refractivity contribution in [1.29, 1.82) is 0 Å². The molecule has 0 aliphatic carbocycles. The highest BCUT2D eigenvalue weighted by Gasteiger charge is 2.31. The van der Waals surface area contributed by atoms with E-state index in [9.17, 15) is 4.79 Å². The highest BCUT2D eigenvalue weighted by Crippen LogP contribution is 2.29. The fourth-order valence-electron chi connectivity index (χ4n) is 4.21. The summed E-state index contributed by atoms with van der Waals surface area (Å²) in [5.41, 5.74) is 2.66. The van der Waals surface area contributed by atoms with Crippen molar-refractivity contribution in [2.24, 2.45) is 0 Å². The van der Waals surface area contributed by atoms with Crippen LogP contribution in [0.2, 0.25) is 0 Å². The van der Waals surface area contributed by atoms with Crippen LogP contribution in [0.5, 0.6) is 0 Å². The lowest BCUT2D eigenvalue weighted by Gasteiger charge is -2.38. The van der Waals surface area contributed by atoms with Crippen LogP contribution in [-0.2, 0) is 11.3 Å². The van der Waals surface area contributed by atoms with Gasteiger partial charge < -0.3 is 9.32 Å². The first-order chi connectivity index (χ1) is 14.4. The van der Waals surface area contributed by atoms with Gasteiger partial charge in [0.2, 0.25) is 5.91 Å². The van der Waals surface area contributed by atoms with Crippen molar-refractivity contribution in [1.82, 2.24) is 14.8 Å². The monoisotopic (exact) mass is 405 g/mol. The molecule has 1 fully saturated rings. The Kier molecular flexibility index (Phi) is 5.91. The van der Waals surface area contributed by atoms with Crippen molar-refractivity contribution in [2.45, 2.75) is 51.6 Å². The van der Waals surface area contributed by atoms with Gasteiger partial charge in [0.25, 0.3) is 0 Å². The predicted octanol–water partition coefficient (Wildman–Crippen LogP) is 4.83. The number of carbonyl (C=O) groups excluding carboxylic acids is 1. The molecule has 3 aromatic rings. The van der Waals surface area contributed by atoms with Gasteiger partial charge in [-0.1, -0.05) is 42.5 Å². The van der Waals surface area contributed by atoms with E-state index in [2.05, 4.69) is 37.8 Å². The number of oxazole rings is 1. The van der Waals surface area contributed by atoms with Gasteiger partial charge >= 0.3 is 0 Å². The average molecular weight is 406 g/mol. The molecule has 1 atom stereocenters. The molecule has 1 aliphatic heterocycles. The zero-order valence-corrected chi connectivity index (χ0v) is 18.2. The SMILES string of the molecule is CC(C)(C)N(Cc1ccccc1)C(=O)CN1CCC[C@@H](c2nc3ccccc3o2)C1. The minimum atomic E-state index is -0.234. The predicted molar refractivity (Wildman–Crippen MR) is 119 cm³/mol. The Morgan fingerprint density at radius 1 is 1.13 bits per heavy atom. The molecule has 1 amide bonds. The fraction of sp³-hybridized carbons (Fsp3) is 0.440. The quantitative estimate of drug-likeness (QED) is 0.610. The third-order valence-corrected chi connectivity index (χ3v) is 5.82. The van der Waals surface area contributed by atoms with Gasteiger partial charge in [-0.05, 0) is 57.9 Å². The number of para-hydroxylation sites is 2. The number of amides is 1.